The van der Waals surface area contributed by atoms with Crippen LogP contribution in [0.5, 0.6) is 0 Å². The van der Waals surface area contributed by atoms with Crippen molar-refractivity contribution in [3.05, 3.63) is 0 Å². The highest BCUT2D eigenvalue weighted by molar-refractivity contribution is 5.80. The van der Waals surface area contributed by atoms with E-state index in [-0.39, 0.29) is 11.3 Å². The summed E-state index contributed by atoms with van der Waals surface area (Å²) in [5, 5.41) is 3.15. The lowest BCUT2D eigenvalue weighted by atomic mass is 10.1. The number of nitrogens with one attached hydrogen (secondary N) is 1. The van der Waals surface area contributed by atoms with E-state index >= 15 is 0 Å². The van der Waals surface area contributed by atoms with Gasteiger partial charge in [0, 0.05) is 18.4 Å². The number of carbonyl (C=O) groups is 1. The molecule has 0 spiro atoms. The Morgan fingerprint density at radius 3 is 2.54 bits per heavy atom. The highest BCUT2D eigenvalue weighted by atomic mass is 16.1. The molecule has 0 fully saturated rings. The first kappa shape index (κ1) is 12.2. The Hall–Kier alpha value is -0.810. The van der Waals surface area contributed by atoms with Crippen LogP contribution in [-0.4, -0.2) is 17.9 Å². The Kier molecular flexibility index (Phi) is 5.41. The van der Waals surface area contributed by atoms with E-state index in [0.29, 0.717) is 19.4 Å². The Labute approximate surface area is 81.1 Å². The lowest BCUT2D eigenvalue weighted by Gasteiger charge is -2.19. The highest BCUT2D eigenvalue weighted by Crippen LogP contribution is 1.99. The summed E-state index contributed by atoms with van der Waals surface area (Å²) >= 11 is 0. The number of hydrogen-bond donors (Lipinski definition) is 1. The van der Waals surface area contributed by atoms with Crippen molar-refractivity contribution in [2.45, 2.75) is 45.6 Å². The fourth-order valence-electron chi connectivity index (χ4n) is 0.840. The number of hydrogen-bond acceptors (Lipinski definition) is 2. The molecule has 0 amide bonds. The van der Waals surface area contributed by atoms with Crippen molar-refractivity contribution in [2.75, 3.05) is 6.54 Å². The summed E-state index contributed by atoms with van der Waals surface area (Å²) < 4.78 is 0. The fraction of sp³-hybridized carbons (Fsp3) is 0.727. The number of ketones is 1. The van der Waals surface area contributed by atoms with Crippen molar-refractivity contribution in [1.29, 1.82) is 0 Å². The fourth-order valence-corrected chi connectivity index (χ4v) is 0.840. The Balaban J connectivity index is 3.48. The predicted octanol–water partition coefficient (Wildman–Crippen LogP) is 1.75. The average molecular weight is 181 g/mol. The van der Waals surface area contributed by atoms with Gasteiger partial charge in [-0.2, -0.15) is 0 Å². The largest absolute Gasteiger partial charge is 0.305 e. The molecule has 0 bridgehead atoms. The van der Waals surface area contributed by atoms with Crippen molar-refractivity contribution in [3.8, 4) is 12.3 Å². The van der Waals surface area contributed by atoms with Crippen LogP contribution in [0.3, 0.4) is 0 Å². The molecular formula is C11H19NO. The van der Waals surface area contributed by atoms with E-state index in [4.69, 9.17) is 6.42 Å². The van der Waals surface area contributed by atoms with Crippen LogP contribution in [0.2, 0.25) is 0 Å². The zero-order valence-electron chi connectivity index (χ0n) is 8.81. The Morgan fingerprint density at radius 2 is 2.08 bits per heavy atom. The van der Waals surface area contributed by atoms with Gasteiger partial charge >= 0.3 is 0 Å². The van der Waals surface area contributed by atoms with Gasteiger partial charge < -0.3 is 5.32 Å². The molecule has 0 saturated carbocycles. The topological polar surface area (TPSA) is 29.1 Å². The first-order valence-electron chi connectivity index (χ1n) is 4.66. The van der Waals surface area contributed by atoms with Gasteiger partial charge in [0.05, 0.1) is 6.54 Å². The molecule has 13 heavy (non-hydrogen) atoms. The van der Waals surface area contributed by atoms with E-state index in [1.165, 1.54) is 0 Å². The minimum atomic E-state index is 0.0157. The maximum absolute atomic E-state index is 11.2. The van der Waals surface area contributed by atoms with Crippen LogP contribution in [0.4, 0.5) is 0 Å². The van der Waals surface area contributed by atoms with E-state index in [2.05, 4.69) is 11.2 Å². The van der Waals surface area contributed by atoms with Gasteiger partial charge in [0.1, 0.15) is 5.78 Å². The second kappa shape index (κ2) is 5.77. The van der Waals surface area contributed by atoms with E-state index in [1.807, 2.05) is 20.8 Å². The molecule has 0 aliphatic carbocycles. The molecule has 0 aromatic carbocycles. The molecule has 0 saturated heterocycles. The third kappa shape index (κ3) is 9.10. The number of rotatable bonds is 5. The highest BCUT2D eigenvalue weighted by Gasteiger charge is 2.10. The third-order valence-electron chi connectivity index (χ3n) is 1.59. The van der Waals surface area contributed by atoms with E-state index < -0.39 is 0 Å². The van der Waals surface area contributed by atoms with E-state index in [0.717, 1.165) is 6.42 Å². The molecule has 2 heteroatoms. The summed E-state index contributed by atoms with van der Waals surface area (Å²) in [6.45, 7) is 6.58. The summed E-state index contributed by atoms with van der Waals surface area (Å²) in [6, 6.07) is 0. The SMILES string of the molecule is C#CCCCC(=O)CNC(C)(C)C. The predicted molar refractivity (Wildman–Crippen MR) is 55.4 cm³/mol. The van der Waals surface area contributed by atoms with Crippen LogP contribution in [0.15, 0.2) is 0 Å². The van der Waals surface area contributed by atoms with Gasteiger partial charge in [0.15, 0.2) is 0 Å². The summed E-state index contributed by atoms with van der Waals surface area (Å²) in [5.74, 6) is 2.76. The van der Waals surface area contributed by atoms with Gasteiger partial charge in [-0.1, -0.05) is 0 Å². The molecule has 0 aromatic rings. The molecule has 0 aromatic heterocycles. The first-order valence-corrected chi connectivity index (χ1v) is 4.66. The smallest absolute Gasteiger partial charge is 0.146 e. The molecule has 0 radical (unpaired) electrons. The zero-order chi connectivity index (χ0) is 10.3. The van der Waals surface area contributed by atoms with Gasteiger partial charge in [-0.05, 0) is 27.2 Å². The molecule has 0 unspecified atom stereocenters. The molecule has 1 N–H and O–H groups in total. The molecule has 74 valence electrons. The van der Waals surface area contributed by atoms with Crippen LogP contribution in [0.25, 0.3) is 0 Å². The van der Waals surface area contributed by atoms with Gasteiger partial charge in [-0.15, -0.1) is 12.3 Å². The van der Waals surface area contributed by atoms with Gasteiger partial charge in [0.25, 0.3) is 0 Å². The summed E-state index contributed by atoms with van der Waals surface area (Å²) in [7, 11) is 0. The van der Waals surface area contributed by atoms with Gasteiger partial charge in [0.2, 0.25) is 0 Å². The van der Waals surface area contributed by atoms with Gasteiger partial charge in [-0.25, -0.2) is 0 Å². The van der Waals surface area contributed by atoms with Crippen molar-refractivity contribution >= 4 is 5.78 Å². The van der Waals surface area contributed by atoms with Crippen LogP contribution in [-0.2, 0) is 4.79 Å². The minimum Gasteiger partial charge on any atom is -0.305 e. The van der Waals surface area contributed by atoms with E-state index in [1.54, 1.807) is 0 Å². The van der Waals surface area contributed by atoms with Crippen molar-refractivity contribution in [1.82, 2.24) is 5.32 Å². The minimum absolute atomic E-state index is 0.0157. The number of carbonyl (C=O) groups excluding carboxylic acids is 1. The quantitative estimate of drug-likeness (QED) is 0.517. The second-order valence-corrected chi connectivity index (χ2v) is 4.20. The monoisotopic (exact) mass is 181 g/mol. The molecular weight excluding hydrogens is 162 g/mol. The van der Waals surface area contributed by atoms with Crippen LogP contribution in [0.1, 0.15) is 40.0 Å². The van der Waals surface area contributed by atoms with Gasteiger partial charge in [-0.3, -0.25) is 4.79 Å². The zero-order valence-corrected chi connectivity index (χ0v) is 8.81. The molecule has 2 nitrogen and oxygen atoms in total. The van der Waals surface area contributed by atoms with Crippen LogP contribution < -0.4 is 5.32 Å². The molecule has 0 rings (SSSR count). The summed E-state index contributed by atoms with van der Waals surface area (Å²) in [5.41, 5.74) is 0.0157. The Bertz CT molecular complexity index is 195. The number of terminal acetylenes is 1. The molecule has 0 atom stereocenters. The summed E-state index contributed by atoms with van der Waals surface area (Å²) in [6.07, 6.45) is 7.17. The van der Waals surface area contributed by atoms with Crippen LogP contribution >= 0.6 is 0 Å². The normalized spacial score (nSPS) is 10.9. The van der Waals surface area contributed by atoms with E-state index in [9.17, 15) is 4.79 Å². The second-order valence-electron chi connectivity index (χ2n) is 4.20. The first-order chi connectivity index (χ1) is 5.95. The lowest BCUT2D eigenvalue weighted by Crippen LogP contribution is -2.39. The molecule has 0 aliphatic heterocycles. The molecule has 0 heterocycles. The van der Waals surface area contributed by atoms with Crippen molar-refractivity contribution in [2.24, 2.45) is 0 Å². The van der Waals surface area contributed by atoms with Crippen LogP contribution in [0, 0.1) is 12.3 Å². The maximum atomic E-state index is 11.2. The van der Waals surface area contributed by atoms with Crippen molar-refractivity contribution < 1.29 is 4.79 Å². The maximum Gasteiger partial charge on any atom is 0.146 e. The average Bonchev–Trinajstić information content (AvgIpc) is 2.00. The van der Waals surface area contributed by atoms with Crippen molar-refractivity contribution in [3.63, 3.8) is 0 Å². The Morgan fingerprint density at radius 1 is 1.46 bits per heavy atom. The number of Topliss-reactive ketones (excluding diaryl/α,β-unsaturated/α-hetero) is 1. The number of unbranched alkanes of at least 4 members (excludes halogenated alkanes) is 1. The molecule has 0 aliphatic rings. The summed E-state index contributed by atoms with van der Waals surface area (Å²) in [4.78, 5) is 11.2. The third-order valence-corrected chi connectivity index (χ3v) is 1.59. The lowest BCUT2D eigenvalue weighted by molar-refractivity contribution is -0.118. The standard InChI is InChI=1S/C11H19NO/c1-5-6-7-8-10(13)9-12-11(2,3)4/h1,12H,6-9H2,2-4H3.